The number of aromatic carboxylic acids is 1. The molecule has 0 radical (unpaired) electrons. The molecule has 1 saturated heterocycles. The summed E-state index contributed by atoms with van der Waals surface area (Å²) in [5.74, 6) is 0.597. The number of nitrogens with two attached hydrogens (primary N) is 2. The van der Waals surface area contributed by atoms with Gasteiger partial charge in [-0.25, -0.2) is 19.7 Å². The van der Waals surface area contributed by atoms with Crippen LogP contribution in [0.2, 0.25) is 5.02 Å². The average Bonchev–Trinajstić information content (AvgIpc) is 3.33. The van der Waals surface area contributed by atoms with Gasteiger partial charge < -0.3 is 26.5 Å². The minimum atomic E-state index is -1.02. The molecule has 0 unspecified atom stereocenters. The van der Waals surface area contributed by atoms with Crippen molar-refractivity contribution < 1.29 is 9.90 Å². The van der Waals surface area contributed by atoms with Gasteiger partial charge in [0.25, 0.3) is 0 Å². The van der Waals surface area contributed by atoms with Crippen LogP contribution in [0.3, 0.4) is 0 Å². The number of nitrogens with zero attached hydrogens (tertiary/aromatic N) is 4. The number of H-pyrrole nitrogens is 1. The van der Waals surface area contributed by atoms with E-state index in [2.05, 4.69) is 21.8 Å². The van der Waals surface area contributed by atoms with Crippen LogP contribution in [0.25, 0.3) is 21.9 Å². The predicted molar refractivity (Wildman–Crippen MR) is 158 cm³/mol. The molecule has 1 aromatic carbocycles. The summed E-state index contributed by atoms with van der Waals surface area (Å²) in [5.41, 5.74) is 16.1. The smallest absolute Gasteiger partial charge is 0.354 e. The van der Waals surface area contributed by atoms with Gasteiger partial charge in [-0.05, 0) is 85.9 Å². The van der Waals surface area contributed by atoms with E-state index in [1.54, 1.807) is 6.07 Å². The number of aromatic amines is 1. The Balaban J connectivity index is 1.25. The van der Waals surface area contributed by atoms with Crippen molar-refractivity contribution in [3.05, 3.63) is 46.2 Å². The van der Waals surface area contributed by atoms with E-state index in [9.17, 15) is 9.90 Å². The van der Waals surface area contributed by atoms with Gasteiger partial charge in [-0.2, -0.15) is 0 Å². The number of rotatable bonds is 7. The maximum Gasteiger partial charge on any atom is 0.354 e. The maximum atomic E-state index is 12.0. The number of fused-ring (bicyclic) bond motifs is 2. The van der Waals surface area contributed by atoms with E-state index in [0.29, 0.717) is 39.7 Å². The van der Waals surface area contributed by atoms with E-state index in [-0.39, 0.29) is 17.3 Å². The molecule has 2 aliphatic carbocycles. The molecule has 1 aliphatic heterocycles. The van der Waals surface area contributed by atoms with Gasteiger partial charge in [-0.1, -0.05) is 24.6 Å². The van der Waals surface area contributed by atoms with Crippen molar-refractivity contribution in [3.63, 3.8) is 0 Å². The second kappa shape index (κ2) is 9.58. The molecule has 2 saturated carbocycles. The zero-order valence-electron chi connectivity index (χ0n) is 22.3. The van der Waals surface area contributed by atoms with E-state index >= 15 is 0 Å². The minimum Gasteiger partial charge on any atom is -0.477 e. The third-order valence-electron chi connectivity index (χ3n) is 8.96. The SMILES string of the molecule is CCc1[nH]c2nc(Sc3ccc4c(C5CC(C6(N)CC6)C5)cc(C(=O)O)nc4c3)nc(N3CC[C@H](N)C3)c2c1Cl. The van der Waals surface area contributed by atoms with Crippen LogP contribution in [-0.2, 0) is 6.42 Å². The average molecular weight is 578 g/mol. The molecule has 3 fully saturated rings. The van der Waals surface area contributed by atoms with Gasteiger partial charge in [0.1, 0.15) is 17.2 Å². The molecular formula is C29H32ClN7O2S. The lowest BCUT2D eigenvalue weighted by Gasteiger charge is -2.40. The highest BCUT2D eigenvalue weighted by Gasteiger charge is 2.51. The lowest BCUT2D eigenvalue weighted by atomic mass is 9.66. The number of halogens is 1. The van der Waals surface area contributed by atoms with Gasteiger partial charge in [0.05, 0.1) is 15.9 Å². The number of carbonyl (C=O) groups is 1. The molecule has 1 atom stereocenters. The summed E-state index contributed by atoms with van der Waals surface area (Å²) in [5, 5.41) is 12.9. The Kier molecular flexibility index (Phi) is 6.23. The van der Waals surface area contributed by atoms with Crippen molar-refractivity contribution in [1.82, 2.24) is 19.9 Å². The van der Waals surface area contributed by atoms with Crippen LogP contribution in [0.1, 0.15) is 66.7 Å². The third kappa shape index (κ3) is 4.41. The molecule has 7 rings (SSSR count). The molecule has 208 valence electrons. The van der Waals surface area contributed by atoms with Gasteiger partial charge in [-0.15, -0.1) is 0 Å². The topological polar surface area (TPSA) is 147 Å². The Morgan fingerprint density at radius 1 is 1.25 bits per heavy atom. The summed E-state index contributed by atoms with van der Waals surface area (Å²) >= 11 is 8.18. The van der Waals surface area contributed by atoms with Crippen molar-refractivity contribution >= 4 is 57.1 Å². The quantitative estimate of drug-likeness (QED) is 0.220. The van der Waals surface area contributed by atoms with Crippen LogP contribution in [0, 0.1) is 5.92 Å². The number of aryl methyl sites for hydroxylation is 1. The van der Waals surface area contributed by atoms with Crippen molar-refractivity contribution in [2.24, 2.45) is 17.4 Å². The molecule has 4 heterocycles. The van der Waals surface area contributed by atoms with E-state index in [1.165, 1.54) is 11.8 Å². The summed E-state index contributed by atoms with van der Waals surface area (Å²) < 4.78 is 0. The van der Waals surface area contributed by atoms with E-state index in [4.69, 9.17) is 33.0 Å². The summed E-state index contributed by atoms with van der Waals surface area (Å²) in [6.45, 7) is 3.58. The van der Waals surface area contributed by atoms with Crippen molar-refractivity contribution in [1.29, 1.82) is 0 Å². The first-order valence-electron chi connectivity index (χ1n) is 14.0. The number of nitrogens with one attached hydrogen (secondary N) is 1. The standard InChI is InChI=1S/C29H32ClN7O2S/c1-2-20-24(30)23-25(34-20)35-28(36-26(23)37-8-5-16(31)13-37)40-17-3-4-18-19(12-22(27(38)39)33-21(18)11-17)14-9-15(10-14)29(32)6-7-29/h3-4,11-12,14-16H,2,5-10,13,31-32H2,1H3,(H,38,39)(H,34,35,36)/t14?,15?,16-/m0/s1. The minimum absolute atomic E-state index is 0.000116. The monoisotopic (exact) mass is 577 g/mol. The highest BCUT2D eigenvalue weighted by molar-refractivity contribution is 7.99. The Morgan fingerprint density at radius 2 is 2.05 bits per heavy atom. The Morgan fingerprint density at radius 3 is 2.73 bits per heavy atom. The van der Waals surface area contributed by atoms with Crippen molar-refractivity contribution in [2.75, 3.05) is 18.0 Å². The number of aromatic nitrogens is 4. The summed E-state index contributed by atoms with van der Waals surface area (Å²) in [6, 6.07) is 7.87. The fourth-order valence-electron chi connectivity index (χ4n) is 6.31. The number of hydrogen-bond acceptors (Lipinski definition) is 8. The summed E-state index contributed by atoms with van der Waals surface area (Å²) in [6.07, 6.45) is 5.85. The fraction of sp³-hybridized carbons (Fsp3) is 0.448. The van der Waals surface area contributed by atoms with Crippen molar-refractivity contribution in [3.8, 4) is 0 Å². The highest BCUT2D eigenvalue weighted by atomic mass is 35.5. The molecule has 0 bridgehead atoms. The third-order valence-corrected chi connectivity index (χ3v) is 10.2. The van der Waals surface area contributed by atoms with Gasteiger partial charge in [0.15, 0.2) is 5.16 Å². The van der Waals surface area contributed by atoms with Crippen LogP contribution in [0.5, 0.6) is 0 Å². The molecule has 4 aromatic rings. The molecule has 0 amide bonds. The molecule has 40 heavy (non-hydrogen) atoms. The zero-order valence-corrected chi connectivity index (χ0v) is 23.9. The number of pyridine rings is 1. The normalized spacial score (nSPS) is 23.6. The molecular weight excluding hydrogens is 546 g/mol. The number of carboxylic acid groups (broad SMARTS) is 1. The zero-order chi connectivity index (χ0) is 27.8. The Bertz CT molecular complexity index is 1660. The molecule has 11 heteroatoms. The largest absolute Gasteiger partial charge is 0.477 e. The van der Waals surface area contributed by atoms with Crippen LogP contribution in [0.15, 0.2) is 34.3 Å². The van der Waals surface area contributed by atoms with Crippen LogP contribution < -0.4 is 16.4 Å². The number of benzene rings is 1. The van der Waals surface area contributed by atoms with Gasteiger partial charge in [0.2, 0.25) is 0 Å². The number of anilines is 1. The lowest BCUT2D eigenvalue weighted by Crippen LogP contribution is -2.40. The number of hydrogen-bond donors (Lipinski definition) is 4. The fourth-order valence-corrected chi connectivity index (χ4v) is 7.45. The maximum absolute atomic E-state index is 12.0. The van der Waals surface area contributed by atoms with Gasteiger partial charge in [-0.3, -0.25) is 0 Å². The van der Waals surface area contributed by atoms with Crippen LogP contribution in [-0.4, -0.2) is 55.7 Å². The van der Waals surface area contributed by atoms with Gasteiger partial charge >= 0.3 is 5.97 Å². The number of carboxylic acids is 1. The first-order valence-corrected chi connectivity index (χ1v) is 15.1. The van der Waals surface area contributed by atoms with E-state index in [0.717, 1.165) is 77.8 Å². The first-order chi connectivity index (χ1) is 19.2. The first kappa shape index (κ1) is 26.0. The molecule has 3 aliphatic rings. The van der Waals surface area contributed by atoms with E-state index in [1.807, 2.05) is 18.2 Å². The van der Waals surface area contributed by atoms with E-state index < -0.39 is 5.97 Å². The Hall–Kier alpha value is -2.92. The molecule has 0 spiro atoms. The highest BCUT2D eigenvalue weighted by Crippen LogP contribution is 2.55. The van der Waals surface area contributed by atoms with Crippen molar-refractivity contribution in [2.45, 2.75) is 73.0 Å². The second-order valence-corrected chi connectivity index (χ2v) is 13.0. The predicted octanol–water partition coefficient (Wildman–Crippen LogP) is 5.09. The van der Waals surface area contributed by atoms with Gasteiger partial charge in [0, 0.05) is 40.6 Å². The molecule has 6 N–H and O–H groups in total. The van der Waals surface area contributed by atoms with Crippen LogP contribution in [0.4, 0.5) is 5.82 Å². The molecule has 9 nitrogen and oxygen atoms in total. The van der Waals surface area contributed by atoms with Crippen LogP contribution >= 0.6 is 23.4 Å². The Labute approximate surface area is 241 Å². The molecule has 3 aromatic heterocycles. The second-order valence-electron chi connectivity index (χ2n) is 11.6. The lowest BCUT2D eigenvalue weighted by molar-refractivity contribution is 0.0690. The summed E-state index contributed by atoms with van der Waals surface area (Å²) in [4.78, 5) is 32.7. The summed E-state index contributed by atoms with van der Waals surface area (Å²) in [7, 11) is 0.